The first-order valence-electron chi connectivity index (χ1n) is 6.65. The molecule has 0 fully saturated rings. The van der Waals surface area contributed by atoms with Crippen LogP contribution >= 0.6 is 0 Å². The van der Waals surface area contributed by atoms with E-state index in [9.17, 15) is 0 Å². The lowest BCUT2D eigenvalue weighted by atomic mass is 10.1. The highest BCUT2D eigenvalue weighted by Crippen LogP contribution is 2.25. The van der Waals surface area contributed by atoms with E-state index in [0.717, 1.165) is 22.0 Å². The summed E-state index contributed by atoms with van der Waals surface area (Å²) in [4.78, 5) is 9.10. The van der Waals surface area contributed by atoms with Crippen LogP contribution in [0.4, 0.5) is 5.82 Å². The summed E-state index contributed by atoms with van der Waals surface area (Å²) in [6.45, 7) is 6.19. The Hall–Kier alpha value is -2.42. The number of anilines is 1. The van der Waals surface area contributed by atoms with Crippen molar-refractivity contribution in [2.75, 3.05) is 5.73 Å². The molecule has 2 N–H and O–H groups in total. The summed E-state index contributed by atoms with van der Waals surface area (Å²) in [5.74, 6) is 1.22. The molecule has 1 heterocycles. The van der Waals surface area contributed by atoms with Crippen LogP contribution in [0, 0.1) is 20.8 Å². The lowest BCUT2D eigenvalue weighted by Crippen LogP contribution is -1.98. The maximum absolute atomic E-state index is 6.09. The van der Waals surface area contributed by atoms with E-state index >= 15 is 0 Å². The van der Waals surface area contributed by atoms with Crippen molar-refractivity contribution >= 4 is 16.7 Å². The molecule has 0 saturated heterocycles. The molecule has 0 amide bonds. The standard InChI is InChI=1S/C17H17N3/c1-10-4-5-15-14(9-10)16(18)20-17(19-15)13-7-11(2)6-12(3)8-13/h4-9H,1-3H3,(H2,18,19,20). The van der Waals surface area contributed by atoms with Crippen molar-refractivity contribution in [2.45, 2.75) is 20.8 Å². The largest absolute Gasteiger partial charge is 0.383 e. The van der Waals surface area contributed by atoms with Crippen LogP contribution in [0.5, 0.6) is 0 Å². The predicted octanol–water partition coefficient (Wildman–Crippen LogP) is 3.80. The number of hydrogen-bond acceptors (Lipinski definition) is 3. The average Bonchev–Trinajstić information content (AvgIpc) is 2.38. The fourth-order valence-electron chi connectivity index (χ4n) is 2.50. The molecule has 2 aromatic carbocycles. The van der Waals surface area contributed by atoms with E-state index in [1.54, 1.807) is 0 Å². The Bertz CT molecular complexity index is 786. The molecule has 0 aliphatic carbocycles. The molecule has 3 rings (SSSR count). The minimum absolute atomic E-state index is 0.535. The number of rotatable bonds is 1. The van der Waals surface area contributed by atoms with Gasteiger partial charge in [-0.05, 0) is 45.0 Å². The number of aromatic nitrogens is 2. The molecular weight excluding hydrogens is 246 g/mol. The monoisotopic (exact) mass is 263 g/mol. The Labute approximate surface area is 118 Å². The van der Waals surface area contributed by atoms with Crippen molar-refractivity contribution in [3.63, 3.8) is 0 Å². The number of nitrogens with two attached hydrogens (primary N) is 1. The van der Waals surface area contributed by atoms with Crippen LogP contribution < -0.4 is 5.73 Å². The van der Waals surface area contributed by atoms with E-state index in [-0.39, 0.29) is 0 Å². The summed E-state index contributed by atoms with van der Waals surface area (Å²) in [6, 6.07) is 12.4. The van der Waals surface area contributed by atoms with Crippen LogP contribution in [0.15, 0.2) is 36.4 Å². The third-order valence-electron chi connectivity index (χ3n) is 3.36. The average molecular weight is 263 g/mol. The van der Waals surface area contributed by atoms with E-state index in [0.29, 0.717) is 11.6 Å². The molecule has 0 aliphatic rings. The number of nitrogens with zero attached hydrogens (tertiary/aromatic N) is 2. The van der Waals surface area contributed by atoms with Crippen LogP contribution in [-0.4, -0.2) is 9.97 Å². The smallest absolute Gasteiger partial charge is 0.162 e. The predicted molar refractivity (Wildman–Crippen MR) is 83.6 cm³/mol. The van der Waals surface area contributed by atoms with Gasteiger partial charge in [-0.2, -0.15) is 0 Å². The molecule has 3 nitrogen and oxygen atoms in total. The quantitative estimate of drug-likeness (QED) is 0.726. The zero-order valence-electron chi connectivity index (χ0n) is 11.9. The van der Waals surface area contributed by atoms with Gasteiger partial charge in [0.2, 0.25) is 0 Å². The van der Waals surface area contributed by atoms with E-state index in [1.165, 1.54) is 11.1 Å². The molecule has 3 heteroatoms. The van der Waals surface area contributed by atoms with Crippen LogP contribution in [0.2, 0.25) is 0 Å². The Balaban J connectivity index is 2.24. The van der Waals surface area contributed by atoms with Crippen LogP contribution in [0.25, 0.3) is 22.3 Å². The Morgan fingerprint density at radius 2 is 1.50 bits per heavy atom. The zero-order valence-corrected chi connectivity index (χ0v) is 11.9. The van der Waals surface area contributed by atoms with Crippen molar-refractivity contribution in [3.05, 3.63) is 53.1 Å². The first-order chi connectivity index (χ1) is 9.52. The molecule has 0 aliphatic heterocycles. The molecule has 0 bridgehead atoms. The van der Waals surface area contributed by atoms with Gasteiger partial charge in [0.15, 0.2) is 5.82 Å². The third-order valence-corrected chi connectivity index (χ3v) is 3.36. The number of nitrogen functional groups attached to an aromatic ring is 1. The van der Waals surface area contributed by atoms with E-state index in [1.807, 2.05) is 25.1 Å². The molecule has 0 saturated carbocycles. The zero-order chi connectivity index (χ0) is 14.3. The van der Waals surface area contributed by atoms with Crippen LogP contribution in [0.3, 0.4) is 0 Å². The van der Waals surface area contributed by atoms with Gasteiger partial charge in [0.1, 0.15) is 5.82 Å². The van der Waals surface area contributed by atoms with Gasteiger partial charge < -0.3 is 5.73 Å². The molecular formula is C17H17N3. The van der Waals surface area contributed by atoms with Gasteiger partial charge >= 0.3 is 0 Å². The normalized spacial score (nSPS) is 10.9. The fourth-order valence-corrected chi connectivity index (χ4v) is 2.50. The van der Waals surface area contributed by atoms with E-state index in [4.69, 9.17) is 5.73 Å². The Morgan fingerprint density at radius 3 is 2.20 bits per heavy atom. The van der Waals surface area contributed by atoms with Gasteiger partial charge in [-0.25, -0.2) is 9.97 Å². The van der Waals surface area contributed by atoms with E-state index in [2.05, 4.69) is 42.0 Å². The topological polar surface area (TPSA) is 51.8 Å². The van der Waals surface area contributed by atoms with Gasteiger partial charge in [0.05, 0.1) is 5.52 Å². The molecule has 3 aromatic rings. The maximum atomic E-state index is 6.09. The Kier molecular flexibility index (Phi) is 2.90. The maximum Gasteiger partial charge on any atom is 0.162 e. The first kappa shape index (κ1) is 12.6. The molecule has 0 spiro atoms. The molecule has 0 unspecified atom stereocenters. The number of aryl methyl sites for hydroxylation is 3. The molecule has 0 atom stereocenters. The number of fused-ring (bicyclic) bond motifs is 1. The number of hydrogen-bond donors (Lipinski definition) is 1. The van der Waals surface area contributed by atoms with Crippen LogP contribution in [0.1, 0.15) is 16.7 Å². The summed E-state index contributed by atoms with van der Waals surface area (Å²) >= 11 is 0. The summed E-state index contributed by atoms with van der Waals surface area (Å²) in [5, 5.41) is 0.915. The van der Waals surface area contributed by atoms with Gasteiger partial charge in [-0.1, -0.05) is 28.8 Å². The minimum Gasteiger partial charge on any atom is -0.383 e. The second-order valence-electron chi connectivity index (χ2n) is 5.33. The van der Waals surface area contributed by atoms with Crippen molar-refractivity contribution in [1.82, 2.24) is 9.97 Å². The van der Waals surface area contributed by atoms with E-state index < -0.39 is 0 Å². The SMILES string of the molecule is Cc1cc(C)cc(-c2nc(N)c3cc(C)ccc3n2)c1. The molecule has 1 aromatic heterocycles. The van der Waals surface area contributed by atoms with Crippen molar-refractivity contribution in [3.8, 4) is 11.4 Å². The highest BCUT2D eigenvalue weighted by molar-refractivity contribution is 5.90. The van der Waals surface area contributed by atoms with Crippen molar-refractivity contribution in [2.24, 2.45) is 0 Å². The molecule has 20 heavy (non-hydrogen) atoms. The lowest BCUT2D eigenvalue weighted by Gasteiger charge is -2.08. The minimum atomic E-state index is 0.535. The Morgan fingerprint density at radius 1 is 0.800 bits per heavy atom. The number of benzene rings is 2. The molecule has 100 valence electrons. The fraction of sp³-hybridized carbons (Fsp3) is 0.176. The van der Waals surface area contributed by atoms with Gasteiger partial charge in [-0.3, -0.25) is 0 Å². The highest BCUT2D eigenvalue weighted by Gasteiger charge is 2.08. The lowest BCUT2D eigenvalue weighted by molar-refractivity contribution is 1.22. The second-order valence-corrected chi connectivity index (χ2v) is 5.33. The van der Waals surface area contributed by atoms with Crippen LogP contribution in [-0.2, 0) is 0 Å². The van der Waals surface area contributed by atoms with Crippen molar-refractivity contribution < 1.29 is 0 Å². The summed E-state index contributed by atoms with van der Waals surface area (Å²) in [5.41, 5.74) is 11.5. The first-order valence-corrected chi connectivity index (χ1v) is 6.65. The van der Waals surface area contributed by atoms with Gasteiger partial charge in [0.25, 0.3) is 0 Å². The highest BCUT2D eigenvalue weighted by atomic mass is 14.9. The summed E-state index contributed by atoms with van der Waals surface area (Å²) in [6.07, 6.45) is 0. The molecule has 0 radical (unpaired) electrons. The van der Waals surface area contributed by atoms with Gasteiger partial charge in [-0.15, -0.1) is 0 Å². The second kappa shape index (κ2) is 4.60. The van der Waals surface area contributed by atoms with Crippen molar-refractivity contribution in [1.29, 1.82) is 0 Å². The summed E-state index contributed by atoms with van der Waals surface area (Å²) < 4.78 is 0. The third kappa shape index (κ3) is 2.23. The van der Waals surface area contributed by atoms with Gasteiger partial charge in [0, 0.05) is 10.9 Å². The summed E-state index contributed by atoms with van der Waals surface area (Å²) in [7, 11) is 0.